The van der Waals surface area contributed by atoms with Crippen LogP contribution in [0.25, 0.3) is 5.57 Å². The second-order valence-electron chi connectivity index (χ2n) is 7.06. The van der Waals surface area contributed by atoms with Crippen LogP contribution in [0.2, 0.25) is 0 Å². The molecule has 1 unspecified atom stereocenters. The minimum Gasteiger partial charge on any atom is -0.362 e. The standard InChI is InChI=1S/C25H23NO3/c1-2-19-13-15-21(16-14-19)23-17-25(28,22-11-7-4-8-12-22)26(24(23)27)29-18-20-9-5-3-6-10-20/h3-17,28H,2,18H2,1H3. The highest BCUT2D eigenvalue weighted by Gasteiger charge is 2.47. The number of rotatable bonds is 6. The van der Waals surface area contributed by atoms with Crippen molar-refractivity contribution in [1.82, 2.24) is 5.06 Å². The predicted octanol–water partition coefficient (Wildman–Crippen LogP) is 4.45. The minimum atomic E-state index is -1.67. The number of carbonyl (C=O) groups excluding carboxylic acids is 1. The third-order valence-electron chi connectivity index (χ3n) is 5.15. The van der Waals surface area contributed by atoms with Gasteiger partial charge in [0.2, 0.25) is 5.72 Å². The quantitative estimate of drug-likeness (QED) is 0.682. The van der Waals surface area contributed by atoms with Gasteiger partial charge < -0.3 is 5.11 Å². The summed E-state index contributed by atoms with van der Waals surface area (Å²) in [6.45, 7) is 2.26. The summed E-state index contributed by atoms with van der Waals surface area (Å²) in [7, 11) is 0. The summed E-state index contributed by atoms with van der Waals surface area (Å²) in [6, 6.07) is 26.5. The van der Waals surface area contributed by atoms with E-state index in [1.54, 1.807) is 18.2 Å². The van der Waals surface area contributed by atoms with Crippen LogP contribution in [0.4, 0.5) is 0 Å². The van der Waals surface area contributed by atoms with Crippen molar-refractivity contribution in [3.63, 3.8) is 0 Å². The number of hydrogen-bond acceptors (Lipinski definition) is 3. The Bertz CT molecular complexity index is 1010. The van der Waals surface area contributed by atoms with Crippen LogP contribution in [0.5, 0.6) is 0 Å². The van der Waals surface area contributed by atoms with Crippen LogP contribution >= 0.6 is 0 Å². The first kappa shape index (κ1) is 19.1. The molecule has 1 N–H and O–H groups in total. The lowest BCUT2D eigenvalue weighted by molar-refractivity contribution is -0.262. The fourth-order valence-corrected chi connectivity index (χ4v) is 3.47. The zero-order valence-electron chi connectivity index (χ0n) is 16.3. The van der Waals surface area contributed by atoms with E-state index in [-0.39, 0.29) is 12.5 Å². The SMILES string of the molecule is CCc1ccc(C2=CC(O)(c3ccccc3)N(OCc3ccccc3)C2=O)cc1. The Balaban J connectivity index is 1.70. The molecule has 4 nitrogen and oxygen atoms in total. The van der Waals surface area contributed by atoms with Crippen molar-refractivity contribution < 1.29 is 14.7 Å². The molecule has 3 aromatic rings. The number of aliphatic hydroxyl groups is 1. The molecule has 0 radical (unpaired) electrons. The Kier molecular flexibility index (Phi) is 5.30. The molecule has 1 aliphatic heterocycles. The van der Waals surface area contributed by atoms with E-state index in [1.807, 2.05) is 72.8 Å². The van der Waals surface area contributed by atoms with E-state index in [2.05, 4.69) is 6.92 Å². The van der Waals surface area contributed by atoms with Crippen molar-refractivity contribution in [3.05, 3.63) is 113 Å². The Hall–Kier alpha value is -3.21. The lowest BCUT2D eigenvalue weighted by Crippen LogP contribution is -2.43. The molecule has 29 heavy (non-hydrogen) atoms. The smallest absolute Gasteiger partial charge is 0.281 e. The second-order valence-corrected chi connectivity index (χ2v) is 7.06. The molecule has 146 valence electrons. The van der Waals surface area contributed by atoms with Crippen molar-refractivity contribution in [2.75, 3.05) is 0 Å². The summed E-state index contributed by atoms with van der Waals surface area (Å²) in [5, 5.41) is 12.6. The Morgan fingerprint density at radius 1 is 0.862 bits per heavy atom. The van der Waals surface area contributed by atoms with Crippen LogP contribution in [0, 0.1) is 0 Å². The average molecular weight is 385 g/mol. The van der Waals surface area contributed by atoms with Crippen LogP contribution in [-0.2, 0) is 28.4 Å². The molecule has 0 aliphatic carbocycles. The van der Waals surface area contributed by atoms with Crippen LogP contribution in [0.3, 0.4) is 0 Å². The zero-order valence-corrected chi connectivity index (χ0v) is 16.3. The fraction of sp³-hybridized carbons (Fsp3) is 0.160. The van der Waals surface area contributed by atoms with Gasteiger partial charge in [0.15, 0.2) is 0 Å². The van der Waals surface area contributed by atoms with E-state index in [4.69, 9.17) is 4.84 Å². The predicted molar refractivity (Wildman–Crippen MR) is 112 cm³/mol. The molecule has 1 amide bonds. The summed E-state index contributed by atoms with van der Waals surface area (Å²) in [5.41, 5.74) is 2.18. The summed E-state index contributed by atoms with van der Waals surface area (Å²) in [6.07, 6.45) is 2.50. The van der Waals surface area contributed by atoms with Crippen molar-refractivity contribution in [2.24, 2.45) is 0 Å². The minimum absolute atomic E-state index is 0.178. The number of aryl methyl sites for hydroxylation is 1. The van der Waals surface area contributed by atoms with Crippen LogP contribution in [0.1, 0.15) is 29.2 Å². The van der Waals surface area contributed by atoms with Crippen LogP contribution < -0.4 is 0 Å². The molecule has 0 bridgehead atoms. The lowest BCUT2D eigenvalue weighted by atomic mass is 10.00. The number of amides is 1. The first-order chi connectivity index (χ1) is 14.1. The van der Waals surface area contributed by atoms with E-state index in [9.17, 15) is 9.90 Å². The fourth-order valence-electron chi connectivity index (χ4n) is 3.47. The molecule has 1 heterocycles. The Labute approximate surface area is 170 Å². The van der Waals surface area contributed by atoms with Gasteiger partial charge in [0.05, 0.1) is 5.57 Å². The Morgan fingerprint density at radius 2 is 1.48 bits per heavy atom. The third kappa shape index (κ3) is 3.73. The Morgan fingerprint density at radius 3 is 2.10 bits per heavy atom. The summed E-state index contributed by atoms with van der Waals surface area (Å²) in [5.74, 6) is -0.364. The number of hydrogen-bond donors (Lipinski definition) is 1. The molecule has 0 fully saturated rings. The maximum atomic E-state index is 13.2. The van der Waals surface area contributed by atoms with Gasteiger partial charge in [-0.1, -0.05) is 91.9 Å². The first-order valence-corrected chi connectivity index (χ1v) is 9.73. The van der Waals surface area contributed by atoms with E-state index >= 15 is 0 Å². The third-order valence-corrected chi connectivity index (χ3v) is 5.15. The number of hydroxylamine groups is 2. The first-order valence-electron chi connectivity index (χ1n) is 9.73. The van der Waals surface area contributed by atoms with Crippen molar-refractivity contribution in [2.45, 2.75) is 25.7 Å². The van der Waals surface area contributed by atoms with E-state index in [1.165, 1.54) is 5.56 Å². The van der Waals surface area contributed by atoms with E-state index in [0.29, 0.717) is 11.1 Å². The molecule has 1 atom stereocenters. The van der Waals surface area contributed by atoms with Gasteiger partial charge in [-0.15, -0.1) is 0 Å². The normalized spacial score (nSPS) is 18.8. The van der Waals surface area contributed by atoms with Crippen molar-refractivity contribution in [3.8, 4) is 0 Å². The molecule has 4 heteroatoms. The number of nitrogens with zero attached hydrogens (tertiary/aromatic N) is 1. The highest BCUT2D eigenvalue weighted by molar-refractivity contribution is 6.21. The average Bonchev–Trinajstić information content (AvgIpc) is 3.05. The lowest BCUT2D eigenvalue weighted by Gasteiger charge is -2.32. The summed E-state index contributed by atoms with van der Waals surface area (Å²) in [4.78, 5) is 19.1. The van der Waals surface area contributed by atoms with E-state index < -0.39 is 5.72 Å². The molecule has 0 saturated carbocycles. The van der Waals surface area contributed by atoms with Gasteiger partial charge in [0.1, 0.15) is 6.61 Å². The topological polar surface area (TPSA) is 49.8 Å². The maximum absolute atomic E-state index is 13.2. The second kappa shape index (κ2) is 8.03. The molecule has 0 aromatic heterocycles. The molecule has 3 aromatic carbocycles. The molecule has 0 spiro atoms. The highest BCUT2D eigenvalue weighted by Crippen LogP contribution is 2.39. The van der Waals surface area contributed by atoms with Gasteiger partial charge in [0.25, 0.3) is 5.91 Å². The van der Waals surface area contributed by atoms with Gasteiger partial charge in [-0.05, 0) is 29.2 Å². The van der Waals surface area contributed by atoms with Gasteiger partial charge in [-0.25, -0.2) is 0 Å². The van der Waals surface area contributed by atoms with Gasteiger partial charge in [0, 0.05) is 5.56 Å². The van der Waals surface area contributed by atoms with Gasteiger partial charge in [-0.2, -0.15) is 5.06 Å². The van der Waals surface area contributed by atoms with Crippen molar-refractivity contribution in [1.29, 1.82) is 0 Å². The molecular formula is C25H23NO3. The van der Waals surface area contributed by atoms with Gasteiger partial charge >= 0.3 is 0 Å². The largest absolute Gasteiger partial charge is 0.362 e. The molecular weight excluding hydrogens is 362 g/mol. The zero-order chi connectivity index (χ0) is 20.3. The summed E-state index contributed by atoms with van der Waals surface area (Å²) >= 11 is 0. The van der Waals surface area contributed by atoms with Crippen molar-refractivity contribution >= 4 is 11.5 Å². The summed E-state index contributed by atoms with van der Waals surface area (Å²) < 4.78 is 0. The van der Waals surface area contributed by atoms with Crippen LogP contribution in [-0.4, -0.2) is 16.1 Å². The monoisotopic (exact) mass is 385 g/mol. The van der Waals surface area contributed by atoms with E-state index in [0.717, 1.165) is 22.6 Å². The van der Waals surface area contributed by atoms with Gasteiger partial charge in [-0.3, -0.25) is 9.63 Å². The molecule has 0 saturated heterocycles. The highest BCUT2D eigenvalue weighted by atomic mass is 16.7. The molecule has 1 aliphatic rings. The number of benzene rings is 3. The molecule has 4 rings (SSSR count). The maximum Gasteiger partial charge on any atom is 0.281 e. The number of carbonyl (C=O) groups is 1. The van der Waals surface area contributed by atoms with Crippen LogP contribution in [0.15, 0.2) is 91.0 Å².